The van der Waals surface area contributed by atoms with Gasteiger partial charge in [0.1, 0.15) is 0 Å². The smallest absolute Gasteiger partial charge is 0.350 e. The van der Waals surface area contributed by atoms with E-state index in [1.54, 1.807) is 27.5 Å². The van der Waals surface area contributed by atoms with E-state index in [4.69, 9.17) is 16.3 Å². The third-order valence-corrected chi connectivity index (χ3v) is 2.47. The molecule has 1 unspecified atom stereocenters. The van der Waals surface area contributed by atoms with Gasteiger partial charge in [-0.25, -0.2) is 0 Å². The van der Waals surface area contributed by atoms with Crippen molar-refractivity contribution in [1.82, 2.24) is 0 Å². The first-order valence-electron chi connectivity index (χ1n) is 4.79. The molecule has 0 amide bonds. The van der Waals surface area contributed by atoms with Gasteiger partial charge in [0.05, 0.1) is 6.10 Å². The van der Waals surface area contributed by atoms with Gasteiger partial charge in [-0.3, -0.25) is 0 Å². The third-order valence-electron chi connectivity index (χ3n) is 1.99. The van der Waals surface area contributed by atoms with Crippen molar-refractivity contribution in [3.8, 4) is 0 Å². The Kier molecular flexibility index (Phi) is 6.65. The quantitative estimate of drug-likeness (QED) is 0.450. The average molecular weight is 247 g/mol. The number of halogens is 1. The first kappa shape index (κ1) is 15.1. The van der Waals surface area contributed by atoms with E-state index in [1.165, 1.54) is 0 Å². The van der Waals surface area contributed by atoms with Crippen LogP contribution >= 0.6 is 24.2 Å². The summed E-state index contributed by atoms with van der Waals surface area (Å²) in [6.07, 6.45) is 1.75. The van der Waals surface area contributed by atoms with E-state index >= 15 is 0 Å². The summed E-state index contributed by atoms with van der Waals surface area (Å²) in [5, 5.41) is 0.674. The molecule has 0 aliphatic rings. The molecule has 0 aromatic carbocycles. The number of thiol groups is 1. The zero-order chi connectivity index (χ0) is 12.1. The second-order valence-electron chi connectivity index (χ2n) is 3.93. The van der Waals surface area contributed by atoms with Crippen LogP contribution in [0.5, 0.6) is 0 Å². The first-order chi connectivity index (χ1) is 6.77. The van der Waals surface area contributed by atoms with E-state index in [2.05, 4.69) is 17.6 Å². The predicted octanol–water partition coefficient (Wildman–Crippen LogP) is 2.89. The van der Waals surface area contributed by atoms with Crippen LogP contribution in [0.15, 0.2) is 16.1 Å². The Bertz CT molecular complexity index is 257. The molecule has 15 heavy (non-hydrogen) atoms. The van der Waals surface area contributed by atoms with E-state index in [-0.39, 0.29) is 10.9 Å². The van der Waals surface area contributed by atoms with Crippen LogP contribution in [0.1, 0.15) is 27.7 Å². The molecule has 0 N–H and O–H groups in total. The van der Waals surface area contributed by atoms with Crippen LogP contribution in [0.3, 0.4) is 0 Å². The Morgan fingerprint density at radius 3 is 2.47 bits per heavy atom. The van der Waals surface area contributed by atoms with Gasteiger partial charge in [0.15, 0.2) is 0 Å². The second kappa shape index (κ2) is 6.61. The highest BCUT2D eigenvalue weighted by molar-refractivity contribution is 7.81. The lowest BCUT2D eigenvalue weighted by molar-refractivity contribution is 0.203. The predicted molar refractivity (Wildman–Crippen MR) is 72.3 cm³/mol. The minimum atomic E-state index is -0.185. The van der Waals surface area contributed by atoms with Gasteiger partial charge in [0.2, 0.25) is 0 Å². The lowest BCUT2D eigenvalue weighted by Gasteiger charge is -2.26. The van der Waals surface area contributed by atoms with Crippen molar-refractivity contribution in [2.24, 2.45) is 4.99 Å². The number of allylic oxidation sites excluding steroid dienone is 2. The molecule has 1 atom stereocenters. The Balaban J connectivity index is 4.21. The minimum Gasteiger partial charge on any atom is -0.429 e. The fraction of sp³-hybridized carbons (Fsp3) is 0.700. The fourth-order valence-electron chi connectivity index (χ4n) is 0.693. The van der Waals surface area contributed by atoms with Gasteiger partial charge in [-0.2, -0.15) is 12.6 Å². The molecule has 0 heterocycles. The normalized spacial score (nSPS) is 16.5. The highest BCUT2D eigenvalue weighted by Crippen LogP contribution is 2.19. The van der Waals surface area contributed by atoms with Crippen molar-refractivity contribution in [3.63, 3.8) is 0 Å². The number of hydrogen-bond donors (Lipinski definition) is 1. The van der Waals surface area contributed by atoms with Crippen LogP contribution in [-0.2, 0) is 4.65 Å². The Labute approximate surface area is 104 Å². The number of nitrogens with zero attached hydrogens (tertiary/aromatic N) is 1. The highest BCUT2D eigenvalue weighted by Gasteiger charge is 2.22. The number of hydrogen-bond acceptors (Lipinski definition) is 3. The lowest BCUT2D eigenvalue weighted by Crippen LogP contribution is -2.33. The standard InChI is InChI=1S/C10H18BClNOS/c1-7(12)6-9(13-5)11-14-8(2)10(3,4)15/h6,8,15H,1-5H3/b7-6+,13-9?. The summed E-state index contributed by atoms with van der Waals surface area (Å²) in [7, 11) is 3.30. The largest absolute Gasteiger partial charge is 0.429 e. The van der Waals surface area contributed by atoms with Gasteiger partial charge >= 0.3 is 7.48 Å². The summed E-state index contributed by atoms with van der Waals surface area (Å²) in [4.78, 5) is 4.03. The summed E-state index contributed by atoms with van der Waals surface area (Å²) >= 11 is 10.2. The Morgan fingerprint density at radius 1 is 1.60 bits per heavy atom. The molecule has 2 nitrogen and oxygen atoms in total. The fourth-order valence-corrected chi connectivity index (χ4v) is 0.866. The summed E-state index contributed by atoms with van der Waals surface area (Å²) in [6.45, 7) is 7.76. The number of aliphatic imine (C=N–C) groups is 1. The molecule has 0 aromatic heterocycles. The molecule has 0 aliphatic carbocycles. The molecule has 5 heteroatoms. The zero-order valence-corrected chi connectivity index (χ0v) is 11.6. The summed E-state index contributed by atoms with van der Waals surface area (Å²) in [5.74, 6) is 0. The van der Waals surface area contributed by atoms with Gasteiger partial charge in [0.25, 0.3) is 0 Å². The van der Waals surface area contributed by atoms with E-state index in [0.29, 0.717) is 10.6 Å². The average Bonchev–Trinajstić information content (AvgIpc) is 2.09. The lowest BCUT2D eigenvalue weighted by atomic mass is 9.90. The van der Waals surface area contributed by atoms with Gasteiger partial charge in [-0.15, -0.1) is 0 Å². The van der Waals surface area contributed by atoms with Crippen molar-refractivity contribution < 1.29 is 4.65 Å². The molecule has 0 rings (SSSR count). The topological polar surface area (TPSA) is 21.6 Å². The second-order valence-corrected chi connectivity index (χ2v) is 5.68. The molecule has 0 saturated carbocycles. The van der Waals surface area contributed by atoms with Gasteiger partial charge in [-0.1, -0.05) is 11.6 Å². The third kappa shape index (κ3) is 7.04. The van der Waals surface area contributed by atoms with Crippen molar-refractivity contribution in [2.45, 2.75) is 38.5 Å². The molecule has 1 radical (unpaired) electrons. The maximum Gasteiger partial charge on any atom is 0.350 e. The summed E-state index contributed by atoms with van der Waals surface area (Å²) < 4.78 is 5.34. The van der Waals surface area contributed by atoms with Crippen LogP contribution in [0, 0.1) is 0 Å². The van der Waals surface area contributed by atoms with Crippen LogP contribution in [0.25, 0.3) is 0 Å². The molecule has 0 saturated heterocycles. The van der Waals surface area contributed by atoms with Crippen LogP contribution in [-0.4, -0.2) is 31.0 Å². The van der Waals surface area contributed by atoms with E-state index in [1.807, 2.05) is 20.8 Å². The van der Waals surface area contributed by atoms with Crippen LogP contribution in [0.4, 0.5) is 0 Å². The molecule has 0 fully saturated rings. The highest BCUT2D eigenvalue weighted by atomic mass is 35.5. The van der Waals surface area contributed by atoms with Crippen LogP contribution in [0.2, 0.25) is 0 Å². The molecule has 0 aromatic rings. The minimum absolute atomic E-state index is 0.00150. The first-order valence-corrected chi connectivity index (χ1v) is 5.61. The summed E-state index contributed by atoms with van der Waals surface area (Å²) in [5.41, 5.74) is 0.715. The molecular weight excluding hydrogens is 228 g/mol. The van der Waals surface area contributed by atoms with Crippen molar-refractivity contribution in [1.29, 1.82) is 0 Å². The molecular formula is C10H18BClNOS. The molecule has 0 spiro atoms. The maximum absolute atomic E-state index is 5.75. The van der Waals surface area contributed by atoms with Gasteiger partial charge < -0.3 is 9.65 Å². The van der Waals surface area contributed by atoms with Gasteiger partial charge in [0, 0.05) is 22.4 Å². The Hall–Kier alpha value is 0.0749. The molecule has 0 bridgehead atoms. The van der Waals surface area contributed by atoms with Crippen molar-refractivity contribution in [2.75, 3.05) is 7.05 Å². The van der Waals surface area contributed by atoms with Crippen molar-refractivity contribution in [3.05, 3.63) is 11.1 Å². The van der Waals surface area contributed by atoms with E-state index in [9.17, 15) is 0 Å². The maximum atomic E-state index is 5.75. The van der Waals surface area contributed by atoms with Crippen molar-refractivity contribution >= 4 is 37.3 Å². The SMILES string of the molecule is CN=C([B]OC(C)C(C)(C)S)/C=C(\C)Cl. The van der Waals surface area contributed by atoms with Crippen LogP contribution < -0.4 is 0 Å². The van der Waals surface area contributed by atoms with Gasteiger partial charge in [-0.05, 0) is 33.8 Å². The van der Waals surface area contributed by atoms with E-state index in [0.717, 1.165) is 0 Å². The Morgan fingerprint density at radius 2 is 2.13 bits per heavy atom. The summed E-state index contributed by atoms with van der Waals surface area (Å²) in [6, 6.07) is 0. The molecule has 0 aliphatic heterocycles. The molecule has 85 valence electrons. The van der Waals surface area contributed by atoms with E-state index < -0.39 is 0 Å². The number of rotatable bonds is 5. The zero-order valence-electron chi connectivity index (χ0n) is 9.91. The monoisotopic (exact) mass is 246 g/mol.